The first-order valence-electron chi connectivity index (χ1n) is 4.50. The van der Waals surface area contributed by atoms with E-state index >= 15 is 0 Å². The van der Waals surface area contributed by atoms with Gasteiger partial charge in [0.15, 0.2) is 6.10 Å². The molecular formula is C10H12N2O4. The highest BCUT2D eigenvalue weighted by molar-refractivity contribution is 5.96. The summed E-state index contributed by atoms with van der Waals surface area (Å²) in [4.78, 5) is 21.7. The van der Waals surface area contributed by atoms with Gasteiger partial charge in [-0.05, 0) is 25.1 Å². The van der Waals surface area contributed by atoms with Gasteiger partial charge in [-0.1, -0.05) is 0 Å². The van der Waals surface area contributed by atoms with E-state index in [-0.39, 0.29) is 11.3 Å². The second-order valence-electron chi connectivity index (χ2n) is 3.22. The zero-order valence-electron chi connectivity index (χ0n) is 8.64. The molecule has 0 spiro atoms. The van der Waals surface area contributed by atoms with E-state index < -0.39 is 18.0 Å². The summed E-state index contributed by atoms with van der Waals surface area (Å²) < 4.78 is 5.07. The van der Waals surface area contributed by atoms with Crippen molar-refractivity contribution < 1.29 is 19.4 Å². The highest BCUT2D eigenvalue weighted by atomic mass is 16.5. The van der Waals surface area contributed by atoms with E-state index in [1.807, 2.05) is 0 Å². The van der Waals surface area contributed by atoms with Crippen molar-refractivity contribution in [3.8, 4) is 5.75 Å². The number of carbonyl (C=O) groups excluding carboxylic acids is 1. The van der Waals surface area contributed by atoms with Gasteiger partial charge < -0.3 is 21.3 Å². The predicted octanol–water partition coefficient (Wildman–Crippen LogP) is 0.220. The molecule has 0 aliphatic rings. The van der Waals surface area contributed by atoms with Gasteiger partial charge in [0.2, 0.25) is 0 Å². The monoisotopic (exact) mass is 224 g/mol. The van der Waals surface area contributed by atoms with Crippen molar-refractivity contribution in [3.63, 3.8) is 0 Å². The Morgan fingerprint density at radius 3 is 2.56 bits per heavy atom. The quantitative estimate of drug-likeness (QED) is 0.632. The minimum absolute atomic E-state index is 0.0631. The second kappa shape index (κ2) is 4.52. The number of hydrogen-bond donors (Lipinski definition) is 3. The van der Waals surface area contributed by atoms with E-state index in [2.05, 4.69) is 0 Å². The summed E-state index contributed by atoms with van der Waals surface area (Å²) in [6, 6.07) is 4.25. The summed E-state index contributed by atoms with van der Waals surface area (Å²) in [5.41, 5.74) is 11.0. The van der Waals surface area contributed by atoms with E-state index in [0.717, 1.165) is 0 Å². The number of amides is 1. The molecule has 1 atom stereocenters. The molecule has 0 aliphatic carbocycles. The molecular weight excluding hydrogens is 212 g/mol. The van der Waals surface area contributed by atoms with Gasteiger partial charge in [-0.3, -0.25) is 4.79 Å². The molecule has 0 saturated heterocycles. The summed E-state index contributed by atoms with van der Waals surface area (Å²) in [5.74, 6) is -1.75. The Labute approximate surface area is 91.8 Å². The molecule has 5 N–H and O–H groups in total. The van der Waals surface area contributed by atoms with Crippen LogP contribution in [0.1, 0.15) is 17.3 Å². The number of nitrogen functional groups attached to an aromatic ring is 1. The summed E-state index contributed by atoms with van der Waals surface area (Å²) in [7, 11) is 0. The van der Waals surface area contributed by atoms with Crippen LogP contribution >= 0.6 is 0 Å². The number of rotatable bonds is 4. The maximum absolute atomic E-state index is 11.1. The third-order valence-electron chi connectivity index (χ3n) is 1.92. The second-order valence-corrected chi connectivity index (χ2v) is 3.22. The van der Waals surface area contributed by atoms with Crippen LogP contribution < -0.4 is 16.2 Å². The highest BCUT2D eigenvalue weighted by Gasteiger charge is 2.17. The molecule has 1 aromatic carbocycles. The lowest BCUT2D eigenvalue weighted by molar-refractivity contribution is -0.144. The lowest BCUT2D eigenvalue weighted by Gasteiger charge is -2.13. The number of carboxylic acid groups (broad SMARTS) is 1. The fourth-order valence-corrected chi connectivity index (χ4v) is 1.08. The SMILES string of the molecule is CC(Oc1ccc(N)cc1C(N)=O)C(=O)O. The van der Waals surface area contributed by atoms with Crippen LogP contribution in [0.2, 0.25) is 0 Å². The summed E-state index contributed by atoms with van der Waals surface area (Å²) >= 11 is 0. The molecule has 0 aliphatic heterocycles. The van der Waals surface area contributed by atoms with E-state index in [0.29, 0.717) is 5.69 Å². The molecule has 1 aromatic rings. The first-order valence-corrected chi connectivity index (χ1v) is 4.50. The van der Waals surface area contributed by atoms with Gasteiger partial charge >= 0.3 is 5.97 Å². The average molecular weight is 224 g/mol. The Hall–Kier alpha value is -2.24. The Kier molecular flexibility index (Phi) is 3.34. The first-order chi connectivity index (χ1) is 7.41. The van der Waals surface area contributed by atoms with E-state index in [1.165, 1.54) is 25.1 Å². The number of aliphatic carboxylic acids is 1. The molecule has 6 nitrogen and oxygen atoms in total. The third-order valence-corrected chi connectivity index (χ3v) is 1.92. The Morgan fingerprint density at radius 2 is 2.06 bits per heavy atom. The molecule has 0 saturated carbocycles. The van der Waals surface area contributed by atoms with Gasteiger partial charge in [0.25, 0.3) is 5.91 Å². The predicted molar refractivity (Wildman–Crippen MR) is 57.1 cm³/mol. The smallest absolute Gasteiger partial charge is 0.344 e. The Bertz CT molecular complexity index is 431. The topological polar surface area (TPSA) is 116 Å². The fraction of sp³-hybridized carbons (Fsp3) is 0.200. The zero-order valence-corrected chi connectivity index (χ0v) is 8.64. The van der Waals surface area contributed by atoms with Crippen LogP contribution in [0, 0.1) is 0 Å². The number of carbonyl (C=O) groups is 2. The molecule has 0 radical (unpaired) electrons. The normalized spacial score (nSPS) is 11.8. The van der Waals surface area contributed by atoms with Crippen LogP contribution in [-0.2, 0) is 4.79 Å². The van der Waals surface area contributed by atoms with Gasteiger partial charge in [-0.2, -0.15) is 0 Å². The first kappa shape index (κ1) is 11.8. The van der Waals surface area contributed by atoms with Crippen molar-refractivity contribution in [2.24, 2.45) is 5.73 Å². The third kappa shape index (κ3) is 2.63. The summed E-state index contributed by atoms with van der Waals surface area (Å²) in [6.45, 7) is 1.35. The Balaban J connectivity index is 3.04. The molecule has 0 aromatic heterocycles. The number of ether oxygens (including phenoxy) is 1. The fourth-order valence-electron chi connectivity index (χ4n) is 1.08. The molecule has 1 amide bonds. The number of benzene rings is 1. The maximum atomic E-state index is 11.1. The molecule has 0 fully saturated rings. The molecule has 1 unspecified atom stereocenters. The van der Waals surface area contributed by atoms with Gasteiger partial charge in [0, 0.05) is 5.69 Å². The van der Waals surface area contributed by atoms with Crippen LogP contribution in [0.5, 0.6) is 5.75 Å². The average Bonchev–Trinajstić information content (AvgIpc) is 2.20. The van der Waals surface area contributed by atoms with Crippen molar-refractivity contribution >= 4 is 17.6 Å². The number of primary amides is 1. The van der Waals surface area contributed by atoms with Crippen molar-refractivity contribution in [3.05, 3.63) is 23.8 Å². The Morgan fingerprint density at radius 1 is 1.44 bits per heavy atom. The van der Waals surface area contributed by atoms with Crippen LogP contribution in [0.3, 0.4) is 0 Å². The standard InChI is InChI=1S/C10H12N2O4/c1-5(10(14)15)16-8-3-2-6(11)4-7(8)9(12)13/h2-5H,11H2,1H3,(H2,12,13)(H,14,15). The van der Waals surface area contributed by atoms with Crippen molar-refractivity contribution in [1.29, 1.82) is 0 Å². The lowest BCUT2D eigenvalue weighted by Crippen LogP contribution is -2.24. The maximum Gasteiger partial charge on any atom is 0.344 e. The van der Waals surface area contributed by atoms with Crippen LogP contribution in [0.25, 0.3) is 0 Å². The van der Waals surface area contributed by atoms with Crippen LogP contribution in [-0.4, -0.2) is 23.1 Å². The largest absolute Gasteiger partial charge is 0.479 e. The molecule has 0 bridgehead atoms. The highest BCUT2D eigenvalue weighted by Crippen LogP contribution is 2.22. The zero-order chi connectivity index (χ0) is 12.3. The minimum Gasteiger partial charge on any atom is -0.479 e. The van der Waals surface area contributed by atoms with E-state index in [9.17, 15) is 9.59 Å². The number of hydrogen-bond acceptors (Lipinski definition) is 4. The molecule has 0 heterocycles. The van der Waals surface area contributed by atoms with Crippen LogP contribution in [0.4, 0.5) is 5.69 Å². The summed E-state index contributed by atoms with van der Waals surface area (Å²) in [6.07, 6.45) is -1.07. The number of anilines is 1. The van der Waals surface area contributed by atoms with Gasteiger partial charge in [-0.25, -0.2) is 4.79 Å². The van der Waals surface area contributed by atoms with Gasteiger partial charge in [0.05, 0.1) is 5.56 Å². The van der Waals surface area contributed by atoms with Crippen molar-refractivity contribution in [2.75, 3.05) is 5.73 Å². The lowest BCUT2D eigenvalue weighted by atomic mass is 10.1. The van der Waals surface area contributed by atoms with Crippen LogP contribution in [0.15, 0.2) is 18.2 Å². The molecule has 16 heavy (non-hydrogen) atoms. The van der Waals surface area contributed by atoms with E-state index in [1.54, 1.807) is 0 Å². The van der Waals surface area contributed by atoms with E-state index in [4.69, 9.17) is 21.3 Å². The minimum atomic E-state index is -1.13. The van der Waals surface area contributed by atoms with Crippen molar-refractivity contribution in [2.45, 2.75) is 13.0 Å². The number of nitrogens with two attached hydrogens (primary N) is 2. The van der Waals surface area contributed by atoms with Gasteiger partial charge in [-0.15, -0.1) is 0 Å². The number of carboxylic acids is 1. The van der Waals surface area contributed by atoms with Gasteiger partial charge in [0.1, 0.15) is 5.75 Å². The molecule has 1 rings (SSSR count). The van der Waals surface area contributed by atoms with Crippen molar-refractivity contribution in [1.82, 2.24) is 0 Å². The molecule has 86 valence electrons. The molecule has 6 heteroatoms. The summed E-state index contributed by atoms with van der Waals surface area (Å²) in [5, 5.41) is 8.66.